The van der Waals surface area contributed by atoms with Crippen LogP contribution in [0.4, 0.5) is 0 Å². The quantitative estimate of drug-likeness (QED) is 0.745. The van der Waals surface area contributed by atoms with Crippen molar-refractivity contribution in [3.63, 3.8) is 0 Å². The molecule has 1 spiro atoms. The molecule has 3 nitrogen and oxygen atoms in total. The Hall–Kier alpha value is -0.570. The smallest absolute Gasteiger partial charge is 0.225 e. The second-order valence-electron chi connectivity index (χ2n) is 6.53. The lowest BCUT2D eigenvalue weighted by atomic mass is 9.83. The van der Waals surface area contributed by atoms with Crippen LogP contribution in [-0.4, -0.2) is 47.4 Å². The van der Waals surface area contributed by atoms with E-state index in [1.807, 2.05) is 13.8 Å². The Bertz CT molecular complexity index is 324. The Labute approximate surface area is 104 Å². The molecule has 0 radical (unpaired) electrons. The van der Waals surface area contributed by atoms with Gasteiger partial charge in [-0.25, -0.2) is 0 Å². The Morgan fingerprint density at radius 2 is 2.00 bits per heavy atom. The topological polar surface area (TPSA) is 23.6 Å². The van der Waals surface area contributed by atoms with Crippen LogP contribution in [0, 0.1) is 11.8 Å². The van der Waals surface area contributed by atoms with E-state index in [4.69, 9.17) is 0 Å². The van der Waals surface area contributed by atoms with E-state index in [2.05, 4.69) is 9.80 Å². The molecular formula is C14H24N2O. The van der Waals surface area contributed by atoms with E-state index in [0.717, 1.165) is 19.0 Å². The number of amides is 1. The van der Waals surface area contributed by atoms with Gasteiger partial charge in [0.2, 0.25) is 5.91 Å². The zero-order valence-corrected chi connectivity index (χ0v) is 11.1. The summed E-state index contributed by atoms with van der Waals surface area (Å²) in [5.74, 6) is 1.48. The summed E-state index contributed by atoms with van der Waals surface area (Å²) in [4.78, 5) is 16.8. The molecule has 1 saturated carbocycles. The van der Waals surface area contributed by atoms with Gasteiger partial charge in [0, 0.05) is 37.6 Å². The SMILES string of the molecule is CC(C)C(=O)N1CC[C@@]2(CCN2CC2CC2)C1. The normalized spacial score (nSPS) is 33.5. The third-order valence-corrected chi connectivity index (χ3v) is 4.83. The number of likely N-dealkylation sites (tertiary alicyclic amines) is 2. The number of carbonyl (C=O) groups excluding carboxylic acids is 1. The first kappa shape index (κ1) is 11.5. The van der Waals surface area contributed by atoms with Crippen LogP contribution in [0.2, 0.25) is 0 Å². The maximum absolute atomic E-state index is 12.0. The van der Waals surface area contributed by atoms with Gasteiger partial charge in [-0.05, 0) is 31.6 Å². The standard InChI is InChI=1S/C14H24N2O/c1-11(2)13(17)15-7-5-14(10-15)6-8-16(14)9-12-3-4-12/h11-12H,3-10H2,1-2H3/t14-/m1/s1. The van der Waals surface area contributed by atoms with Crippen LogP contribution in [0.5, 0.6) is 0 Å². The van der Waals surface area contributed by atoms with Crippen LogP contribution < -0.4 is 0 Å². The fraction of sp³-hybridized carbons (Fsp3) is 0.929. The molecule has 3 rings (SSSR count). The van der Waals surface area contributed by atoms with E-state index in [-0.39, 0.29) is 5.92 Å². The van der Waals surface area contributed by atoms with Gasteiger partial charge in [0.25, 0.3) is 0 Å². The minimum absolute atomic E-state index is 0.155. The van der Waals surface area contributed by atoms with Crippen LogP contribution in [0.1, 0.15) is 39.5 Å². The Morgan fingerprint density at radius 1 is 1.29 bits per heavy atom. The lowest BCUT2D eigenvalue weighted by molar-refractivity contribution is -0.134. The molecule has 3 heteroatoms. The largest absolute Gasteiger partial charge is 0.341 e. The third kappa shape index (κ3) is 1.99. The van der Waals surface area contributed by atoms with E-state index in [1.165, 1.54) is 38.8 Å². The Kier molecular flexibility index (Phi) is 2.69. The molecule has 1 amide bonds. The van der Waals surface area contributed by atoms with Crippen molar-refractivity contribution in [3.8, 4) is 0 Å². The number of hydrogen-bond donors (Lipinski definition) is 0. The predicted octanol–water partition coefficient (Wildman–Crippen LogP) is 1.73. The molecule has 3 aliphatic rings. The van der Waals surface area contributed by atoms with Crippen molar-refractivity contribution in [2.45, 2.75) is 45.1 Å². The van der Waals surface area contributed by atoms with Crippen molar-refractivity contribution in [2.24, 2.45) is 11.8 Å². The maximum atomic E-state index is 12.0. The van der Waals surface area contributed by atoms with Gasteiger partial charge in [0.15, 0.2) is 0 Å². The average Bonchev–Trinajstić information content (AvgIpc) is 2.99. The van der Waals surface area contributed by atoms with E-state index in [0.29, 0.717) is 11.4 Å². The summed E-state index contributed by atoms with van der Waals surface area (Å²) >= 11 is 0. The highest BCUT2D eigenvalue weighted by Crippen LogP contribution is 2.42. The zero-order valence-electron chi connectivity index (χ0n) is 11.1. The predicted molar refractivity (Wildman–Crippen MR) is 67.7 cm³/mol. The highest BCUT2D eigenvalue weighted by atomic mass is 16.2. The van der Waals surface area contributed by atoms with Gasteiger partial charge >= 0.3 is 0 Å². The zero-order chi connectivity index (χ0) is 12.0. The van der Waals surface area contributed by atoms with Gasteiger partial charge in [-0.3, -0.25) is 9.69 Å². The maximum Gasteiger partial charge on any atom is 0.225 e. The lowest BCUT2D eigenvalue weighted by Crippen LogP contribution is -2.61. The molecule has 0 bridgehead atoms. The summed E-state index contributed by atoms with van der Waals surface area (Å²) in [5, 5.41) is 0. The summed E-state index contributed by atoms with van der Waals surface area (Å²) < 4.78 is 0. The van der Waals surface area contributed by atoms with Crippen molar-refractivity contribution < 1.29 is 4.79 Å². The fourth-order valence-corrected chi connectivity index (χ4v) is 3.36. The molecule has 0 aromatic rings. The summed E-state index contributed by atoms with van der Waals surface area (Å²) in [7, 11) is 0. The van der Waals surface area contributed by atoms with Crippen molar-refractivity contribution in [3.05, 3.63) is 0 Å². The number of rotatable bonds is 3. The third-order valence-electron chi connectivity index (χ3n) is 4.83. The molecule has 0 aromatic carbocycles. The molecule has 2 aliphatic heterocycles. The summed E-state index contributed by atoms with van der Waals surface area (Å²) in [6.45, 7) is 8.56. The van der Waals surface area contributed by atoms with Gasteiger partial charge in [0.1, 0.15) is 0 Å². The second-order valence-corrected chi connectivity index (χ2v) is 6.53. The van der Waals surface area contributed by atoms with Gasteiger partial charge in [-0.2, -0.15) is 0 Å². The fourth-order valence-electron chi connectivity index (χ4n) is 3.36. The first-order valence-corrected chi connectivity index (χ1v) is 7.15. The van der Waals surface area contributed by atoms with Crippen molar-refractivity contribution in [2.75, 3.05) is 26.2 Å². The molecule has 1 aliphatic carbocycles. The average molecular weight is 236 g/mol. The molecule has 1 atom stereocenters. The van der Waals surface area contributed by atoms with Crippen molar-refractivity contribution >= 4 is 5.91 Å². The minimum atomic E-state index is 0.155. The van der Waals surface area contributed by atoms with Crippen LogP contribution in [0.3, 0.4) is 0 Å². The Balaban J connectivity index is 1.60. The summed E-state index contributed by atoms with van der Waals surface area (Å²) in [6, 6.07) is 0. The molecule has 2 saturated heterocycles. The van der Waals surface area contributed by atoms with Gasteiger partial charge in [-0.1, -0.05) is 13.8 Å². The number of nitrogens with zero attached hydrogens (tertiary/aromatic N) is 2. The minimum Gasteiger partial charge on any atom is -0.341 e. The van der Waals surface area contributed by atoms with E-state index in [9.17, 15) is 4.79 Å². The molecule has 96 valence electrons. The van der Waals surface area contributed by atoms with E-state index in [1.54, 1.807) is 0 Å². The van der Waals surface area contributed by atoms with Gasteiger partial charge in [0.05, 0.1) is 0 Å². The summed E-state index contributed by atoms with van der Waals surface area (Å²) in [5.41, 5.74) is 0.382. The molecule has 3 fully saturated rings. The second kappa shape index (κ2) is 3.98. The van der Waals surface area contributed by atoms with Crippen LogP contribution in [-0.2, 0) is 4.79 Å². The molecule has 0 unspecified atom stereocenters. The first-order chi connectivity index (χ1) is 8.11. The van der Waals surface area contributed by atoms with E-state index >= 15 is 0 Å². The molecule has 2 heterocycles. The van der Waals surface area contributed by atoms with Crippen LogP contribution in [0.25, 0.3) is 0 Å². The van der Waals surface area contributed by atoms with Crippen LogP contribution >= 0.6 is 0 Å². The van der Waals surface area contributed by atoms with Gasteiger partial charge < -0.3 is 4.90 Å². The molecular weight excluding hydrogens is 212 g/mol. The monoisotopic (exact) mass is 236 g/mol. The molecule has 17 heavy (non-hydrogen) atoms. The number of carbonyl (C=O) groups is 1. The van der Waals surface area contributed by atoms with Gasteiger partial charge in [-0.15, -0.1) is 0 Å². The highest BCUT2D eigenvalue weighted by molar-refractivity contribution is 5.78. The number of hydrogen-bond acceptors (Lipinski definition) is 2. The van der Waals surface area contributed by atoms with Crippen molar-refractivity contribution in [1.82, 2.24) is 9.80 Å². The van der Waals surface area contributed by atoms with E-state index < -0.39 is 0 Å². The Morgan fingerprint density at radius 3 is 2.53 bits per heavy atom. The summed E-state index contributed by atoms with van der Waals surface area (Å²) in [6.07, 6.45) is 5.38. The molecule has 0 N–H and O–H groups in total. The van der Waals surface area contributed by atoms with Crippen LogP contribution in [0.15, 0.2) is 0 Å². The lowest BCUT2D eigenvalue weighted by Gasteiger charge is -2.51. The first-order valence-electron chi connectivity index (χ1n) is 7.15. The molecule has 0 aromatic heterocycles. The highest BCUT2D eigenvalue weighted by Gasteiger charge is 2.51. The van der Waals surface area contributed by atoms with Crippen molar-refractivity contribution in [1.29, 1.82) is 0 Å².